The van der Waals surface area contributed by atoms with Crippen LogP contribution in [0.3, 0.4) is 0 Å². The molecular weight excluding hydrogens is 970 g/mol. The van der Waals surface area contributed by atoms with Gasteiger partial charge in [-0.3, -0.25) is 0 Å². The first kappa shape index (κ1) is 48.7. The van der Waals surface area contributed by atoms with Crippen LogP contribution in [0.2, 0.25) is 0 Å². The topological polar surface area (TPSA) is 3.24 Å². The van der Waals surface area contributed by atoms with E-state index in [1.54, 1.807) is 0 Å². The van der Waals surface area contributed by atoms with Crippen molar-refractivity contribution >= 4 is 73.5 Å². The third kappa shape index (κ3) is 8.42. The Balaban J connectivity index is 1.10. The van der Waals surface area contributed by atoms with Crippen LogP contribution >= 0.6 is 11.8 Å². The van der Waals surface area contributed by atoms with E-state index in [1.807, 2.05) is 11.8 Å². The Bertz CT molecular complexity index is 4270. The van der Waals surface area contributed by atoms with E-state index in [1.165, 1.54) is 143 Å². The second kappa shape index (κ2) is 19.1. The summed E-state index contributed by atoms with van der Waals surface area (Å²) in [5.74, 6) is 0. The minimum absolute atomic E-state index is 0.0190. The average molecular weight is 1030 g/mol. The van der Waals surface area contributed by atoms with Crippen molar-refractivity contribution in [3.05, 3.63) is 266 Å². The summed E-state index contributed by atoms with van der Waals surface area (Å²) < 4.78 is 0. The number of benzene rings is 12. The standard InChI is InChI=1S/C76H60BNS/c1-75(2,3)57-45-62(50-26-14-8-15-27-50)74(63(46-57)51-28-16-9-17-29-51)78-67-44-56(54-36-39-61-64(42-54)72(53-32-20-11-21-33-53)60-35-23-22-34-59(60)71(61)52-30-18-10-19-31-52)37-40-65(67)77-66-43-55(49-24-12-7-13-25-49)38-41-69(66)79-70-48-58(76(4,5)6)47-68(78)73(70)77/h7-48H,1-6H3. The van der Waals surface area contributed by atoms with Crippen LogP contribution in [-0.4, -0.2) is 6.71 Å². The van der Waals surface area contributed by atoms with Gasteiger partial charge in [-0.15, -0.1) is 0 Å². The summed E-state index contributed by atoms with van der Waals surface area (Å²) in [6.07, 6.45) is 0. The summed E-state index contributed by atoms with van der Waals surface area (Å²) in [7, 11) is 0. The molecule has 0 unspecified atom stereocenters. The van der Waals surface area contributed by atoms with E-state index in [2.05, 4.69) is 301 Å². The van der Waals surface area contributed by atoms with Gasteiger partial charge in [0, 0.05) is 32.3 Å². The fraction of sp³-hybridized carbons (Fsp3) is 0.105. The van der Waals surface area contributed by atoms with Crippen molar-refractivity contribution in [1.82, 2.24) is 0 Å². The molecule has 0 fully saturated rings. The van der Waals surface area contributed by atoms with Gasteiger partial charge < -0.3 is 4.90 Å². The zero-order valence-corrected chi connectivity index (χ0v) is 46.5. The lowest BCUT2D eigenvalue weighted by Gasteiger charge is -2.43. The molecule has 0 radical (unpaired) electrons. The second-order valence-electron chi connectivity index (χ2n) is 23.6. The molecule has 0 atom stereocenters. The molecule has 0 saturated heterocycles. The highest BCUT2D eigenvalue weighted by molar-refractivity contribution is 8.00. The third-order valence-electron chi connectivity index (χ3n) is 16.6. The van der Waals surface area contributed by atoms with Crippen LogP contribution in [0.15, 0.2) is 265 Å². The fourth-order valence-corrected chi connectivity index (χ4v) is 13.8. The van der Waals surface area contributed by atoms with Crippen molar-refractivity contribution in [3.8, 4) is 66.8 Å². The van der Waals surface area contributed by atoms with Gasteiger partial charge in [-0.25, -0.2) is 0 Å². The lowest BCUT2D eigenvalue weighted by Crippen LogP contribution is -2.60. The van der Waals surface area contributed by atoms with Crippen molar-refractivity contribution in [2.24, 2.45) is 0 Å². The zero-order chi connectivity index (χ0) is 53.6. The third-order valence-corrected chi connectivity index (χ3v) is 17.7. The normalized spacial score (nSPS) is 12.8. The quantitative estimate of drug-likeness (QED) is 0.116. The monoisotopic (exact) mass is 1030 g/mol. The van der Waals surface area contributed by atoms with Crippen molar-refractivity contribution in [2.45, 2.75) is 62.2 Å². The van der Waals surface area contributed by atoms with Crippen LogP contribution in [0.25, 0.3) is 88.3 Å². The Labute approximate surface area is 470 Å². The molecule has 12 aromatic rings. The first-order valence-electron chi connectivity index (χ1n) is 27.8. The zero-order valence-electron chi connectivity index (χ0n) is 45.7. The maximum absolute atomic E-state index is 2.70. The Hall–Kier alpha value is -8.63. The Morgan fingerprint density at radius 2 is 0.759 bits per heavy atom. The minimum Gasteiger partial charge on any atom is -0.310 e. The molecule has 0 aromatic heterocycles. The van der Waals surface area contributed by atoms with Gasteiger partial charge in [0.1, 0.15) is 0 Å². The van der Waals surface area contributed by atoms with Gasteiger partial charge in [0.25, 0.3) is 0 Å². The molecule has 2 aliphatic heterocycles. The van der Waals surface area contributed by atoms with Crippen LogP contribution in [0, 0.1) is 0 Å². The summed E-state index contributed by atoms with van der Waals surface area (Å²) in [6, 6.07) is 96.0. The maximum Gasteiger partial charge on any atom is 0.249 e. The molecule has 0 aliphatic carbocycles. The number of hydrogen-bond acceptors (Lipinski definition) is 2. The number of anilines is 3. The molecule has 79 heavy (non-hydrogen) atoms. The van der Waals surface area contributed by atoms with E-state index in [0.717, 1.165) is 0 Å². The van der Waals surface area contributed by atoms with Gasteiger partial charge in [-0.1, -0.05) is 271 Å². The molecule has 0 N–H and O–H groups in total. The smallest absolute Gasteiger partial charge is 0.249 e. The highest BCUT2D eigenvalue weighted by atomic mass is 32.2. The lowest BCUT2D eigenvalue weighted by atomic mass is 9.34. The Morgan fingerprint density at radius 3 is 1.32 bits per heavy atom. The van der Waals surface area contributed by atoms with Gasteiger partial charge in [-0.05, 0) is 153 Å². The summed E-state index contributed by atoms with van der Waals surface area (Å²) >= 11 is 1.94. The number of fused-ring (bicyclic) bond motifs is 6. The summed E-state index contributed by atoms with van der Waals surface area (Å²) in [5.41, 5.74) is 24.6. The molecule has 0 spiro atoms. The van der Waals surface area contributed by atoms with Crippen molar-refractivity contribution in [3.63, 3.8) is 0 Å². The Morgan fingerprint density at radius 1 is 0.316 bits per heavy atom. The molecule has 3 heteroatoms. The van der Waals surface area contributed by atoms with Gasteiger partial charge in [0.2, 0.25) is 6.71 Å². The summed E-state index contributed by atoms with van der Waals surface area (Å²) in [5, 5.41) is 4.99. The predicted molar refractivity (Wildman–Crippen MR) is 341 cm³/mol. The van der Waals surface area contributed by atoms with E-state index in [0.29, 0.717) is 0 Å². The first-order chi connectivity index (χ1) is 38.5. The molecule has 0 bridgehead atoms. The van der Waals surface area contributed by atoms with Crippen LogP contribution in [0.5, 0.6) is 0 Å². The summed E-state index contributed by atoms with van der Waals surface area (Å²) in [4.78, 5) is 5.34. The number of nitrogens with zero attached hydrogens (tertiary/aromatic N) is 1. The van der Waals surface area contributed by atoms with Crippen molar-refractivity contribution < 1.29 is 0 Å². The molecule has 0 saturated carbocycles. The summed E-state index contributed by atoms with van der Waals surface area (Å²) in [6.45, 7) is 14.1. The highest BCUT2D eigenvalue weighted by Crippen LogP contribution is 2.53. The van der Waals surface area contributed by atoms with Crippen molar-refractivity contribution in [2.75, 3.05) is 4.90 Å². The fourth-order valence-electron chi connectivity index (χ4n) is 12.6. The Kier molecular flexibility index (Phi) is 11.8. The molecule has 14 rings (SSSR count). The van der Waals surface area contributed by atoms with Crippen LogP contribution < -0.4 is 21.3 Å². The molecule has 0 amide bonds. The predicted octanol–water partition coefficient (Wildman–Crippen LogP) is 19.4. The molecule has 378 valence electrons. The first-order valence-corrected chi connectivity index (χ1v) is 28.7. The van der Waals surface area contributed by atoms with Crippen LogP contribution in [0.1, 0.15) is 52.7 Å². The number of hydrogen-bond donors (Lipinski definition) is 0. The molecule has 12 aromatic carbocycles. The largest absolute Gasteiger partial charge is 0.310 e. The lowest BCUT2D eigenvalue weighted by molar-refractivity contribution is 0.589. The van der Waals surface area contributed by atoms with Crippen LogP contribution in [0.4, 0.5) is 17.1 Å². The SMILES string of the molecule is CC(C)(C)c1cc(-c2ccccc2)c(N2c3cc(-c4ccc5c(-c6ccccc6)c6ccccc6c(-c6ccccc6)c5c4)ccc3B3c4cc(-c5ccccc5)ccc4Sc4cc(C(C)(C)C)cc2c43)c(-c2ccccc2)c1. The van der Waals surface area contributed by atoms with E-state index >= 15 is 0 Å². The average Bonchev–Trinajstić information content (AvgIpc) is 3.06. The van der Waals surface area contributed by atoms with Gasteiger partial charge >= 0.3 is 0 Å². The van der Waals surface area contributed by atoms with E-state index < -0.39 is 0 Å². The maximum atomic E-state index is 2.70. The molecular formula is C76H60BNS. The van der Waals surface area contributed by atoms with E-state index in [4.69, 9.17) is 0 Å². The van der Waals surface area contributed by atoms with E-state index in [9.17, 15) is 0 Å². The second-order valence-corrected chi connectivity index (χ2v) is 24.7. The minimum atomic E-state index is -0.127. The highest BCUT2D eigenvalue weighted by Gasteiger charge is 2.43. The number of rotatable bonds is 7. The molecule has 1 nitrogen and oxygen atoms in total. The molecule has 2 heterocycles. The van der Waals surface area contributed by atoms with Gasteiger partial charge in [-0.2, -0.15) is 0 Å². The van der Waals surface area contributed by atoms with Gasteiger partial charge in [0.15, 0.2) is 0 Å². The van der Waals surface area contributed by atoms with Crippen molar-refractivity contribution in [1.29, 1.82) is 0 Å². The van der Waals surface area contributed by atoms with E-state index in [-0.39, 0.29) is 17.5 Å². The molecule has 2 aliphatic rings. The van der Waals surface area contributed by atoms with Crippen LogP contribution in [-0.2, 0) is 10.8 Å². The van der Waals surface area contributed by atoms with Gasteiger partial charge in [0.05, 0.1) is 5.69 Å².